The quantitative estimate of drug-likeness (QED) is 0.263. The van der Waals surface area contributed by atoms with Gasteiger partial charge in [-0.05, 0) is 62.4 Å². The molecule has 2 atom stereocenters. The molecule has 0 heterocycles. The predicted octanol–water partition coefficient (Wildman–Crippen LogP) is 5.97. The van der Waals surface area contributed by atoms with Crippen LogP contribution >= 0.6 is 0 Å². The van der Waals surface area contributed by atoms with Gasteiger partial charge < -0.3 is 19.7 Å². The molecule has 6 heteroatoms. The van der Waals surface area contributed by atoms with Gasteiger partial charge in [-0.3, -0.25) is 9.59 Å². The summed E-state index contributed by atoms with van der Waals surface area (Å²) in [6, 6.07) is 24.9. The average molecular weight is 531 g/mol. The van der Waals surface area contributed by atoms with E-state index in [2.05, 4.69) is 5.32 Å². The van der Waals surface area contributed by atoms with Gasteiger partial charge in [0, 0.05) is 25.4 Å². The zero-order chi connectivity index (χ0) is 28.0. The SMILES string of the molecule is CCOc1ccc(CCC(=O)N(Cc2ccccc2)[C@@H](Cc2ccccc2)C(=O)N[C@@H](C)CC)cc1OCC. The summed E-state index contributed by atoms with van der Waals surface area (Å²) in [4.78, 5) is 29.2. The van der Waals surface area contributed by atoms with E-state index >= 15 is 0 Å². The summed E-state index contributed by atoms with van der Waals surface area (Å²) in [6.07, 6.45) is 2.06. The molecule has 3 aromatic rings. The van der Waals surface area contributed by atoms with Crippen LogP contribution in [0.1, 0.15) is 57.2 Å². The molecule has 0 aromatic heterocycles. The number of ether oxygens (including phenoxy) is 2. The van der Waals surface area contributed by atoms with Crippen molar-refractivity contribution >= 4 is 11.8 Å². The van der Waals surface area contributed by atoms with Crippen molar-refractivity contribution in [2.24, 2.45) is 0 Å². The molecule has 0 saturated heterocycles. The van der Waals surface area contributed by atoms with E-state index in [0.717, 1.165) is 23.1 Å². The first-order valence-electron chi connectivity index (χ1n) is 14.0. The van der Waals surface area contributed by atoms with Gasteiger partial charge in [-0.15, -0.1) is 0 Å². The van der Waals surface area contributed by atoms with Gasteiger partial charge in [0.2, 0.25) is 11.8 Å². The Bertz CT molecular complexity index is 1170. The molecule has 1 N–H and O–H groups in total. The number of aryl methyl sites for hydroxylation is 1. The van der Waals surface area contributed by atoms with Gasteiger partial charge in [-0.25, -0.2) is 0 Å². The third-order valence-electron chi connectivity index (χ3n) is 6.70. The molecule has 0 aliphatic heterocycles. The van der Waals surface area contributed by atoms with E-state index in [1.807, 2.05) is 107 Å². The lowest BCUT2D eigenvalue weighted by Gasteiger charge is -2.32. The van der Waals surface area contributed by atoms with Crippen LogP contribution in [0.25, 0.3) is 0 Å². The lowest BCUT2D eigenvalue weighted by Crippen LogP contribution is -2.52. The van der Waals surface area contributed by atoms with Crippen molar-refractivity contribution in [3.8, 4) is 11.5 Å². The van der Waals surface area contributed by atoms with Gasteiger partial charge in [0.1, 0.15) is 6.04 Å². The number of benzene rings is 3. The van der Waals surface area contributed by atoms with Crippen LogP contribution < -0.4 is 14.8 Å². The lowest BCUT2D eigenvalue weighted by atomic mass is 10.0. The highest BCUT2D eigenvalue weighted by Gasteiger charge is 2.30. The number of carbonyl (C=O) groups excluding carboxylic acids is 2. The first-order chi connectivity index (χ1) is 18.9. The van der Waals surface area contributed by atoms with Gasteiger partial charge in [0.05, 0.1) is 13.2 Å². The fraction of sp³-hybridized carbons (Fsp3) is 0.394. The average Bonchev–Trinajstić information content (AvgIpc) is 2.96. The Balaban J connectivity index is 1.88. The molecule has 3 aromatic carbocycles. The monoisotopic (exact) mass is 530 g/mol. The Hall–Kier alpha value is -3.80. The molecule has 6 nitrogen and oxygen atoms in total. The summed E-state index contributed by atoms with van der Waals surface area (Å²) >= 11 is 0. The third kappa shape index (κ3) is 9.17. The largest absolute Gasteiger partial charge is 0.490 e. The topological polar surface area (TPSA) is 67.9 Å². The van der Waals surface area contributed by atoms with Crippen LogP contribution in [0.2, 0.25) is 0 Å². The molecule has 0 radical (unpaired) electrons. The summed E-state index contributed by atoms with van der Waals surface area (Å²) in [5.74, 6) is 1.19. The van der Waals surface area contributed by atoms with E-state index in [1.165, 1.54) is 0 Å². The molecule has 0 unspecified atom stereocenters. The number of nitrogens with zero attached hydrogens (tertiary/aromatic N) is 1. The van der Waals surface area contributed by atoms with Crippen molar-refractivity contribution < 1.29 is 19.1 Å². The van der Waals surface area contributed by atoms with Crippen LogP contribution in [0.3, 0.4) is 0 Å². The molecule has 0 saturated carbocycles. The second-order valence-corrected chi connectivity index (χ2v) is 9.68. The van der Waals surface area contributed by atoms with Gasteiger partial charge in [0.15, 0.2) is 11.5 Å². The van der Waals surface area contributed by atoms with Crippen molar-refractivity contribution in [2.45, 2.75) is 72.0 Å². The fourth-order valence-electron chi connectivity index (χ4n) is 4.42. The van der Waals surface area contributed by atoms with Crippen molar-refractivity contribution in [3.05, 3.63) is 95.6 Å². The highest BCUT2D eigenvalue weighted by molar-refractivity contribution is 5.88. The highest BCUT2D eigenvalue weighted by atomic mass is 16.5. The minimum atomic E-state index is -0.631. The molecule has 2 amide bonds. The highest BCUT2D eigenvalue weighted by Crippen LogP contribution is 2.29. The smallest absolute Gasteiger partial charge is 0.243 e. The number of hydrogen-bond donors (Lipinski definition) is 1. The minimum absolute atomic E-state index is 0.0188. The molecular formula is C33H42N2O4. The second-order valence-electron chi connectivity index (χ2n) is 9.68. The zero-order valence-electron chi connectivity index (χ0n) is 23.7. The first kappa shape index (κ1) is 29.8. The molecule has 0 bridgehead atoms. The molecule has 3 rings (SSSR count). The van der Waals surface area contributed by atoms with Crippen LogP contribution in [-0.4, -0.2) is 42.0 Å². The van der Waals surface area contributed by atoms with Crippen LogP contribution in [0, 0.1) is 0 Å². The zero-order valence-corrected chi connectivity index (χ0v) is 23.7. The molecular weight excluding hydrogens is 488 g/mol. The summed E-state index contributed by atoms with van der Waals surface area (Å²) in [5, 5.41) is 3.12. The fourth-order valence-corrected chi connectivity index (χ4v) is 4.42. The van der Waals surface area contributed by atoms with E-state index in [-0.39, 0.29) is 24.3 Å². The Morgan fingerprint density at radius 2 is 1.41 bits per heavy atom. The molecule has 208 valence electrons. The first-order valence-corrected chi connectivity index (χ1v) is 14.0. The Morgan fingerprint density at radius 1 is 0.795 bits per heavy atom. The van der Waals surface area contributed by atoms with Crippen molar-refractivity contribution in [1.29, 1.82) is 0 Å². The maximum Gasteiger partial charge on any atom is 0.243 e. The van der Waals surface area contributed by atoms with Gasteiger partial charge >= 0.3 is 0 Å². The molecule has 0 spiro atoms. The summed E-state index contributed by atoms with van der Waals surface area (Å²) in [5.41, 5.74) is 2.99. The van der Waals surface area contributed by atoms with Crippen LogP contribution in [-0.2, 0) is 29.0 Å². The number of nitrogens with one attached hydrogen (secondary N) is 1. The molecule has 39 heavy (non-hydrogen) atoms. The standard InChI is InChI=1S/C33H42N2O4/c1-5-25(4)34-33(37)29(22-26-14-10-8-11-15-26)35(24-28-16-12-9-13-17-28)32(36)21-19-27-18-20-30(38-6-2)31(23-27)39-7-3/h8-18,20,23,25,29H,5-7,19,21-22,24H2,1-4H3,(H,34,37)/t25-,29-/m0/s1. The van der Waals surface area contributed by atoms with E-state index < -0.39 is 6.04 Å². The Labute approximate surface area is 233 Å². The maximum atomic E-state index is 13.9. The number of hydrogen-bond acceptors (Lipinski definition) is 4. The number of rotatable bonds is 15. The Kier molecular flexibility index (Phi) is 11.9. The van der Waals surface area contributed by atoms with Crippen molar-refractivity contribution in [3.63, 3.8) is 0 Å². The van der Waals surface area contributed by atoms with E-state index in [1.54, 1.807) is 4.90 Å². The summed E-state index contributed by atoms with van der Waals surface area (Å²) in [6.45, 7) is 9.34. The van der Waals surface area contributed by atoms with E-state index in [4.69, 9.17) is 9.47 Å². The second kappa shape index (κ2) is 15.6. The summed E-state index contributed by atoms with van der Waals surface area (Å²) in [7, 11) is 0. The van der Waals surface area contributed by atoms with Crippen LogP contribution in [0.15, 0.2) is 78.9 Å². The number of carbonyl (C=O) groups is 2. The van der Waals surface area contributed by atoms with E-state index in [9.17, 15) is 9.59 Å². The van der Waals surface area contributed by atoms with Crippen molar-refractivity contribution in [2.75, 3.05) is 13.2 Å². The molecule has 0 aliphatic carbocycles. The van der Waals surface area contributed by atoms with Gasteiger partial charge in [-0.2, -0.15) is 0 Å². The molecule has 0 aliphatic rings. The normalized spacial score (nSPS) is 12.3. The predicted molar refractivity (Wildman–Crippen MR) is 156 cm³/mol. The van der Waals surface area contributed by atoms with E-state index in [0.29, 0.717) is 44.1 Å². The van der Waals surface area contributed by atoms with Crippen molar-refractivity contribution in [1.82, 2.24) is 10.2 Å². The van der Waals surface area contributed by atoms with Crippen LogP contribution in [0.4, 0.5) is 0 Å². The minimum Gasteiger partial charge on any atom is -0.490 e. The number of amides is 2. The third-order valence-corrected chi connectivity index (χ3v) is 6.70. The molecule has 0 fully saturated rings. The van der Waals surface area contributed by atoms with Gasteiger partial charge in [0.25, 0.3) is 0 Å². The Morgan fingerprint density at radius 3 is 2.03 bits per heavy atom. The summed E-state index contributed by atoms with van der Waals surface area (Å²) < 4.78 is 11.5. The van der Waals surface area contributed by atoms with Gasteiger partial charge in [-0.1, -0.05) is 73.7 Å². The van der Waals surface area contributed by atoms with Crippen LogP contribution in [0.5, 0.6) is 11.5 Å². The maximum absolute atomic E-state index is 13.9. The lowest BCUT2D eigenvalue weighted by molar-refractivity contribution is -0.141.